The summed E-state index contributed by atoms with van der Waals surface area (Å²) in [6.45, 7) is 0.403. The molecule has 0 saturated heterocycles. The molecule has 6 heteroatoms. The summed E-state index contributed by atoms with van der Waals surface area (Å²) >= 11 is 0. The maximum atomic E-state index is 11.4. The number of carbonyl (C=O) groups excluding carboxylic acids is 2. The Bertz CT molecular complexity index is 253. The summed E-state index contributed by atoms with van der Waals surface area (Å²) in [5.41, 5.74) is 9.24. The van der Waals surface area contributed by atoms with Crippen LogP contribution in [0.3, 0.4) is 0 Å². The van der Waals surface area contributed by atoms with E-state index in [-0.39, 0.29) is 0 Å². The van der Waals surface area contributed by atoms with E-state index >= 15 is 0 Å². The van der Waals surface area contributed by atoms with Crippen LogP contribution in [0.2, 0.25) is 0 Å². The zero-order chi connectivity index (χ0) is 12.8. The molecule has 0 rings (SSSR count). The summed E-state index contributed by atoms with van der Waals surface area (Å²) in [5, 5.41) is 17.5. The van der Waals surface area contributed by atoms with E-state index in [4.69, 9.17) is 21.7 Å². The van der Waals surface area contributed by atoms with Crippen LogP contribution in [0.15, 0.2) is 0 Å². The molecule has 0 bridgehead atoms. The van der Waals surface area contributed by atoms with Crippen molar-refractivity contribution in [1.29, 1.82) is 0 Å². The third kappa shape index (κ3) is 3.64. The first-order chi connectivity index (χ1) is 7.41. The highest BCUT2D eigenvalue weighted by Crippen LogP contribution is 2.19. The molecule has 0 heterocycles. The van der Waals surface area contributed by atoms with Gasteiger partial charge < -0.3 is 21.7 Å². The number of nitrogens with two attached hydrogens (primary N) is 2. The molecule has 0 aromatic carbocycles. The number of aliphatic hydroxyl groups is 2. The first-order valence-electron chi connectivity index (χ1n) is 5.27. The Morgan fingerprint density at radius 3 is 2.19 bits per heavy atom. The van der Waals surface area contributed by atoms with Crippen LogP contribution in [0.4, 0.5) is 0 Å². The van der Waals surface area contributed by atoms with Crippen LogP contribution >= 0.6 is 0 Å². The van der Waals surface area contributed by atoms with Crippen molar-refractivity contribution in [1.82, 2.24) is 0 Å². The summed E-state index contributed by atoms with van der Waals surface area (Å²) in [7, 11) is 0. The van der Waals surface area contributed by atoms with E-state index in [0.29, 0.717) is 12.8 Å². The lowest BCUT2D eigenvalue weighted by atomic mass is 9.83. The van der Waals surface area contributed by atoms with Gasteiger partial charge in [-0.15, -0.1) is 0 Å². The highest BCUT2D eigenvalue weighted by Gasteiger charge is 2.40. The van der Waals surface area contributed by atoms with E-state index in [1.54, 1.807) is 0 Å². The Balaban J connectivity index is 4.85. The SMILES string of the molecule is CCCCC(C(=O)CO)C(N)(N)C(=O)CO. The molecular formula is C10H20N2O4. The highest BCUT2D eigenvalue weighted by molar-refractivity contribution is 5.95. The van der Waals surface area contributed by atoms with E-state index in [0.717, 1.165) is 6.42 Å². The fraction of sp³-hybridized carbons (Fsp3) is 0.800. The molecule has 0 aromatic heterocycles. The van der Waals surface area contributed by atoms with Crippen LogP contribution in [0.5, 0.6) is 0 Å². The van der Waals surface area contributed by atoms with Crippen LogP contribution in [-0.4, -0.2) is 40.7 Å². The van der Waals surface area contributed by atoms with Crippen molar-refractivity contribution < 1.29 is 19.8 Å². The van der Waals surface area contributed by atoms with Crippen molar-refractivity contribution >= 4 is 11.6 Å². The molecule has 0 aromatic rings. The van der Waals surface area contributed by atoms with Gasteiger partial charge in [0.15, 0.2) is 11.6 Å². The van der Waals surface area contributed by atoms with Gasteiger partial charge in [-0.05, 0) is 6.42 Å². The van der Waals surface area contributed by atoms with Crippen molar-refractivity contribution in [2.75, 3.05) is 13.2 Å². The molecule has 16 heavy (non-hydrogen) atoms. The fourth-order valence-corrected chi connectivity index (χ4v) is 1.52. The minimum Gasteiger partial charge on any atom is -0.389 e. The van der Waals surface area contributed by atoms with E-state index in [1.165, 1.54) is 0 Å². The molecule has 1 atom stereocenters. The van der Waals surface area contributed by atoms with Crippen LogP contribution in [-0.2, 0) is 9.59 Å². The third-order valence-corrected chi connectivity index (χ3v) is 2.59. The predicted octanol–water partition coefficient (Wildman–Crippen LogP) is -1.47. The standard InChI is InChI=1S/C10H20N2O4/c1-2-3-4-7(8(15)5-13)10(11,12)9(16)6-14/h7,13-14H,2-6,11-12H2,1H3. The van der Waals surface area contributed by atoms with Gasteiger partial charge >= 0.3 is 0 Å². The monoisotopic (exact) mass is 232 g/mol. The molecule has 0 saturated carbocycles. The topological polar surface area (TPSA) is 127 Å². The average Bonchev–Trinajstić information content (AvgIpc) is 2.27. The normalized spacial score (nSPS) is 13.6. The number of rotatable bonds is 8. The molecule has 0 aliphatic carbocycles. The summed E-state index contributed by atoms with van der Waals surface area (Å²) in [4.78, 5) is 22.8. The summed E-state index contributed by atoms with van der Waals surface area (Å²) < 4.78 is 0. The number of unbranched alkanes of at least 4 members (excludes halogenated alkanes) is 1. The molecule has 94 valence electrons. The summed E-state index contributed by atoms with van der Waals surface area (Å²) in [6.07, 6.45) is 1.82. The maximum absolute atomic E-state index is 11.4. The van der Waals surface area contributed by atoms with Gasteiger partial charge in [-0.1, -0.05) is 19.8 Å². The second kappa shape index (κ2) is 6.70. The highest BCUT2D eigenvalue weighted by atomic mass is 16.3. The first-order valence-corrected chi connectivity index (χ1v) is 5.27. The predicted molar refractivity (Wildman–Crippen MR) is 58.3 cm³/mol. The zero-order valence-electron chi connectivity index (χ0n) is 9.48. The summed E-state index contributed by atoms with van der Waals surface area (Å²) in [6, 6.07) is 0. The van der Waals surface area contributed by atoms with Gasteiger partial charge in [-0.2, -0.15) is 0 Å². The Labute approximate surface area is 94.6 Å². The van der Waals surface area contributed by atoms with Gasteiger partial charge in [0.2, 0.25) is 0 Å². The van der Waals surface area contributed by atoms with Crippen molar-refractivity contribution in [2.24, 2.45) is 17.4 Å². The number of ketones is 2. The minimum absolute atomic E-state index is 0.328. The Morgan fingerprint density at radius 1 is 1.25 bits per heavy atom. The lowest BCUT2D eigenvalue weighted by Gasteiger charge is -2.30. The lowest BCUT2D eigenvalue weighted by molar-refractivity contribution is -0.137. The van der Waals surface area contributed by atoms with Crippen LogP contribution in [0.25, 0.3) is 0 Å². The maximum Gasteiger partial charge on any atom is 0.192 e. The molecule has 0 aliphatic rings. The molecule has 0 radical (unpaired) electrons. The number of hydrogen-bond donors (Lipinski definition) is 4. The molecule has 0 aliphatic heterocycles. The fourth-order valence-electron chi connectivity index (χ4n) is 1.52. The number of aliphatic hydroxyl groups excluding tert-OH is 2. The van der Waals surface area contributed by atoms with Gasteiger partial charge in [0.25, 0.3) is 0 Å². The molecule has 0 amide bonds. The Morgan fingerprint density at radius 2 is 1.81 bits per heavy atom. The smallest absolute Gasteiger partial charge is 0.192 e. The van der Waals surface area contributed by atoms with Crippen LogP contribution in [0, 0.1) is 5.92 Å². The van der Waals surface area contributed by atoms with E-state index < -0.39 is 36.4 Å². The van der Waals surface area contributed by atoms with Crippen molar-refractivity contribution in [2.45, 2.75) is 31.8 Å². The largest absolute Gasteiger partial charge is 0.389 e. The van der Waals surface area contributed by atoms with Gasteiger partial charge in [0.1, 0.15) is 18.9 Å². The molecule has 6 nitrogen and oxygen atoms in total. The minimum atomic E-state index is -1.90. The molecular weight excluding hydrogens is 212 g/mol. The number of carbonyl (C=O) groups is 2. The second-order valence-electron chi connectivity index (χ2n) is 3.83. The van der Waals surface area contributed by atoms with Gasteiger partial charge in [0.05, 0.1) is 5.92 Å². The second-order valence-corrected chi connectivity index (χ2v) is 3.83. The molecule has 6 N–H and O–H groups in total. The van der Waals surface area contributed by atoms with E-state index in [2.05, 4.69) is 0 Å². The van der Waals surface area contributed by atoms with Crippen LogP contribution < -0.4 is 11.5 Å². The lowest BCUT2D eigenvalue weighted by Crippen LogP contribution is -2.65. The quantitative estimate of drug-likeness (QED) is 0.378. The van der Waals surface area contributed by atoms with Crippen molar-refractivity contribution in [3.05, 3.63) is 0 Å². The number of hydrogen-bond acceptors (Lipinski definition) is 6. The van der Waals surface area contributed by atoms with Gasteiger partial charge in [0, 0.05) is 0 Å². The first kappa shape index (κ1) is 15.2. The summed E-state index contributed by atoms with van der Waals surface area (Å²) in [5.74, 6) is -2.31. The van der Waals surface area contributed by atoms with Gasteiger partial charge in [-0.25, -0.2) is 0 Å². The number of Topliss-reactive ketones (excluding diaryl/α,β-unsaturated/α-hetero) is 2. The third-order valence-electron chi connectivity index (χ3n) is 2.59. The van der Waals surface area contributed by atoms with E-state index in [1.807, 2.05) is 6.92 Å². The zero-order valence-corrected chi connectivity index (χ0v) is 9.48. The van der Waals surface area contributed by atoms with Gasteiger partial charge in [-0.3, -0.25) is 9.59 Å². The van der Waals surface area contributed by atoms with Crippen molar-refractivity contribution in [3.8, 4) is 0 Å². The van der Waals surface area contributed by atoms with Crippen LogP contribution in [0.1, 0.15) is 26.2 Å². The molecule has 0 fully saturated rings. The Hall–Kier alpha value is -0.820. The molecule has 1 unspecified atom stereocenters. The molecule has 0 spiro atoms. The van der Waals surface area contributed by atoms with E-state index in [9.17, 15) is 9.59 Å². The Kier molecular flexibility index (Phi) is 6.35. The average molecular weight is 232 g/mol. The van der Waals surface area contributed by atoms with Crippen molar-refractivity contribution in [3.63, 3.8) is 0 Å².